The van der Waals surface area contributed by atoms with Gasteiger partial charge in [0.15, 0.2) is 0 Å². The van der Waals surface area contributed by atoms with Gasteiger partial charge >= 0.3 is 11.9 Å². The maximum Gasteiger partial charge on any atom is 0.339 e. The lowest BCUT2D eigenvalue weighted by molar-refractivity contribution is -0.135. The fourth-order valence-electron chi connectivity index (χ4n) is 5.51. The van der Waals surface area contributed by atoms with Crippen molar-refractivity contribution in [3.8, 4) is 0 Å². The number of nitrogens with one attached hydrogen (secondary N) is 2. The summed E-state index contributed by atoms with van der Waals surface area (Å²) in [5.74, 6) is -4.74. The van der Waals surface area contributed by atoms with Gasteiger partial charge in [0.1, 0.15) is 32.4 Å². The van der Waals surface area contributed by atoms with Gasteiger partial charge < -0.3 is 10.2 Å². The molecular weight excluding hydrogens is 745 g/mol. The second kappa shape index (κ2) is 14.3. The van der Waals surface area contributed by atoms with Gasteiger partial charge in [0.2, 0.25) is 11.6 Å². The number of carbonyl (C=O) groups excluding carboxylic acids is 2. The Bertz CT molecular complexity index is 2530. The number of hydrogen-bond donors (Lipinski definition) is 6. The van der Waals surface area contributed by atoms with Crippen LogP contribution in [0.3, 0.4) is 0 Å². The summed E-state index contributed by atoms with van der Waals surface area (Å²) in [5.41, 5.74) is 4.52. The van der Waals surface area contributed by atoms with Crippen molar-refractivity contribution in [3.05, 3.63) is 129 Å². The molecule has 0 aliphatic heterocycles. The molecule has 2 aliphatic rings. The Morgan fingerprint density at radius 1 is 0.574 bits per heavy atom. The molecule has 16 nitrogen and oxygen atoms in total. The molecule has 18 heteroatoms. The Hall–Kier alpha value is -6.86. The van der Waals surface area contributed by atoms with Crippen LogP contribution in [-0.4, -0.2) is 71.1 Å². The number of nitrogens with zero attached hydrogens (tertiary/aromatic N) is 2. The molecule has 0 radical (unpaired) electrons. The number of hydrogen-bond acceptors (Lipinski definition) is 12. The van der Waals surface area contributed by atoms with E-state index in [1.54, 1.807) is 48.5 Å². The van der Waals surface area contributed by atoms with Crippen molar-refractivity contribution in [1.82, 2.24) is 0 Å². The molecule has 0 bridgehead atoms. The van der Waals surface area contributed by atoms with Crippen molar-refractivity contribution in [2.75, 3.05) is 10.9 Å². The van der Waals surface area contributed by atoms with Crippen molar-refractivity contribution in [2.45, 2.75) is 9.79 Å². The molecule has 0 saturated heterocycles. The summed E-state index contributed by atoms with van der Waals surface area (Å²) >= 11 is 0. The van der Waals surface area contributed by atoms with Gasteiger partial charge in [0, 0.05) is 11.1 Å². The fourth-order valence-corrected chi connectivity index (χ4v) is 6.93. The number of hydrazone groups is 2. The predicted octanol–water partition coefficient (Wildman–Crippen LogP) is 4.08. The zero-order valence-electron chi connectivity index (χ0n) is 27.2. The number of carboxylic acids is 2. The molecular formula is C36H24N4O12S2. The standard InChI is InChI=1S/C36H24N4O12S2/c41-33-27(35(43)44)15-21-5-1-3-7-25(21)31(33)39-37-23-13-11-19(29(17-23)53(47,48)49)9-10-20-12-14-24(18-30(20)54(50,51)52)38-40-32-26-8-4-2-6-22(26)16-28(34(32)42)36(45)46/h1-18,37-38H,(H,43,44)(H,45,46)(H,47,48,49)(H,50,51,52)/b10-9+,39-31-,40-32-. The molecule has 0 saturated carbocycles. The van der Waals surface area contributed by atoms with Crippen LogP contribution < -0.4 is 10.9 Å². The second-order valence-electron chi connectivity index (χ2n) is 11.5. The quantitative estimate of drug-likeness (QED) is 0.0575. The first kappa shape index (κ1) is 36.9. The maximum atomic E-state index is 12.9. The number of carbonyl (C=O) groups is 4. The lowest BCUT2D eigenvalue weighted by atomic mass is 9.89. The highest BCUT2D eigenvalue weighted by atomic mass is 32.2. The van der Waals surface area contributed by atoms with Gasteiger partial charge in [-0.2, -0.15) is 27.0 Å². The Morgan fingerprint density at radius 3 is 1.30 bits per heavy atom. The van der Waals surface area contributed by atoms with Crippen LogP contribution in [0.25, 0.3) is 24.3 Å². The fraction of sp³-hybridized carbons (Fsp3) is 0. The summed E-state index contributed by atoms with van der Waals surface area (Å²) in [6.07, 6.45) is 4.69. The zero-order chi connectivity index (χ0) is 38.9. The van der Waals surface area contributed by atoms with Crippen molar-refractivity contribution in [3.63, 3.8) is 0 Å². The van der Waals surface area contributed by atoms with Crippen LogP contribution >= 0.6 is 0 Å². The molecule has 272 valence electrons. The third kappa shape index (κ3) is 7.52. The Labute approximate surface area is 305 Å². The van der Waals surface area contributed by atoms with E-state index in [0.29, 0.717) is 22.3 Å². The van der Waals surface area contributed by atoms with Gasteiger partial charge in [-0.05, 0) is 58.7 Å². The van der Waals surface area contributed by atoms with Crippen LogP contribution in [0.4, 0.5) is 11.4 Å². The smallest absolute Gasteiger partial charge is 0.339 e. The zero-order valence-corrected chi connectivity index (χ0v) is 28.8. The highest BCUT2D eigenvalue weighted by molar-refractivity contribution is 7.86. The first-order valence-corrected chi connectivity index (χ1v) is 18.2. The van der Waals surface area contributed by atoms with Crippen molar-refractivity contribution < 1.29 is 55.3 Å². The number of rotatable bonds is 10. The first-order valence-electron chi connectivity index (χ1n) is 15.3. The third-order valence-electron chi connectivity index (χ3n) is 8.03. The lowest BCUT2D eigenvalue weighted by Crippen LogP contribution is -2.27. The van der Waals surface area contributed by atoms with E-state index in [-0.39, 0.29) is 33.9 Å². The number of fused-ring (bicyclic) bond motifs is 2. The predicted molar refractivity (Wildman–Crippen MR) is 196 cm³/mol. The highest BCUT2D eigenvalue weighted by Crippen LogP contribution is 2.28. The summed E-state index contributed by atoms with van der Waals surface area (Å²) in [6.45, 7) is 0. The topological polar surface area (TPSA) is 266 Å². The summed E-state index contributed by atoms with van der Waals surface area (Å²) in [6, 6.07) is 19.8. The molecule has 0 heterocycles. The van der Waals surface area contributed by atoms with Gasteiger partial charge in [0.25, 0.3) is 20.2 Å². The van der Waals surface area contributed by atoms with Gasteiger partial charge in [0.05, 0.1) is 11.4 Å². The minimum absolute atomic E-state index is 0.0373. The average Bonchev–Trinajstić information content (AvgIpc) is 3.12. The molecule has 0 unspecified atom stereocenters. The van der Waals surface area contributed by atoms with E-state index in [1.165, 1.54) is 36.4 Å². The number of anilines is 2. The molecule has 0 amide bonds. The van der Waals surface area contributed by atoms with Crippen LogP contribution in [0, 0.1) is 0 Å². The molecule has 54 heavy (non-hydrogen) atoms. The van der Waals surface area contributed by atoms with Crippen LogP contribution in [0.2, 0.25) is 0 Å². The van der Waals surface area contributed by atoms with E-state index in [4.69, 9.17) is 0 Å². The normalized spacial score (nSPS) is 15.7. The Morgan fingerprint density at radius 2 is 0.944 bits per heavy atom. The lowest BCUT2D eigenvalue weighted by Gasteiger charge is -2.16. The molecule has 0 fully saturated rings. The van der Waals surface area contributed by atoms with Crippen molar-refractivity contribution in [2.24, 2.45) is 10.2 Å². The minimum atomic E-state index is -4.94. The second-order valence-corrected chi connectivity index (χ2v) is 14.3. The monoisotopic (exact) mass is 768 g/mol. The van der Waals surface area contributed by atoms with E-state index in [1.807, 2.05) is 0 Å². The van der Waals surface area contributed by atoms with Gasteiger partial charge in [-0.1, -0.05) is 72.8 Å². The van der Waals surface area contributed by atoms with Crippen molar-refractivity contribution >= 4 is 90.8 Å². The molecule has 0 aromatic heterocycles. The van der Waals surface area contributed by atoms with Crippen molar-refractivity contribution in [1.29, 1.82) is 0 Å². The molecule has 6 rings (SSSR count). The highest BCUT2D eigenvalue weighted by Gasteiger charge is 2.31. The number of aliphatic carboxylic acids is 2. The van der Waals surface area contributed by atoms with Gasteiger partial charge in [-0.15, -0.1) is 0 Å². The third-order valence-corrected chi connectivity index (χ3v) is 9.85. The van der Waals surface area contributed by atoms with E-state index >= 15 is 0 Å². The van der Waals surface area contributed by atoms with Crippen LogP contribution in [0.15, 0.2) is 116 Å². The Kier molecular flexibility index (Phi) is 9.76. The molecule has 2 aliphatic carbocycles. The SMILES string of the molecule is O=C(O)C1=Cc2ccccc2/C(=N/Nc2ccc(/C=C/c3ccc(N/N=C4\C(=O)C(C(=O)O)=Cc5ccccc54)cc3S(=O)(=O)O)c(S(=O)(=O)O)c2)C1=O. The van der Waals surface area contributed by atoms with E-state index in [0.717, 1.165) is 24.3 Å². The summed E-state index contributed by atoms with van der Waals surface area (Å²) in [5, 5.41) is 27.0. The van der Waals surface area contributed by atoms with Crippen LogP contribution in [0.5, 0.6) is 0 Å². The van der Waals surface area contributed by atoms with Gasteiger partial charge in [-0.25, -0.2) is 9.59 Å². The minimum Gasteiger partial charge on any atom is -0.478 e. The average molecular weight is 769 g/mol. The van der Waals surface area contributed by atoms with E-state index in [9.17, 15) is 55.3 Å². The summed E-state index contributed by atoms with van der Waals surface area (Å²) in [7, 11) is -9.87. The molecule has 6 N–H and O–H groups in total. The summed E-state index contributed by atoms with van der Waals surface area (Å²) in [4.78, 5) is 47.8. The number of carboxylic acid groups (broad SMARTS) is 2. The first-order chi connectivity index (χ1) is 25.5. The number of benzene rings is 4. The number of Topliss-reactive ketones (excluding diaryl/α,β-unsaturated/α-hetero) is 2. The summed E-state index contributed by atoms with van der Waals surface area (Å²) < 4.78 is 69.7. The van der Waals surface area contributed by atoms with Crippen LogP contribution in [-0.2, 0) is 39.4 Å². The number of ketones is 2. The Balaban J connectivity index is 1.30. The largest absolute Gasteiger partial charge is 0.478 e. The van der Waals surface area contributed by atoms with Gasteiger partial charge in [-0.3, -0.25) is 29.5 Å². The van der Waals surface area contributed by atoms with E-state index in [2.05, 4.69) is 21.1 Å². The maximum absolute atomic E-state index is 12.9. The van der Waals surface area contributed by atoms with Crippen LogP contribution in [0.1, 0.15) is 33.4 Å². The molecule has 4 aromatic rings. The van der Waals surface area contributed by atoms with E-state index < -0.39 is 64.7 Å². The molecule has 0 atom stereocenters. The molecule has 0 spiro atoms. The molecule has 4 aromatic carbocycles.